The van der Waals surface area contributed by atoms with Crippen molar-refractivity contribution < 1.29 is 18.7 Å². The number of aromatic nitrogens is 1. The first-order valence-electron chi connectivity index (χ1n) is 10.1. The normalized spacial score (nSPS) is 16.8. The number of nitrogens with zero attached hydrogens (tertiary/aromatic N) is 2. The molecule has 0 bridgehead atoms. The van der Waals surface area contributed by atoms with Crippen LogP contribution in [-0.2, 0) is 4.79 Å². The minimum absolute atomic E-state index is 0.00758. The minimum atomic E-state index is -0.00758. The van der Waals surface area contributed by atoms with Crippen molar-refractivity contribution in [1.29, 1.82) is 0 Å². The fraction of sp³-hybridized carbons (Fsp3) is 0.364. The summed E-state index contributed by atoms with van der Waals surface area (Å²) in [7, 11) is 0. The summed E-state index contributed by atoms with van der Waals surface area (Å²) >= 11 is 6.04. The van der Waals surface area contributed by atoms with Crippen LogP contribution in [0.3, 0.4) is 0 Å². The molecule has 1 N–H and O–H groups in total. The number of hydrogen-bond acceptors (Lipinski definition) is 6. The van der Waals surface area contributed by atoms with Crippen molar-refractivity contribution in [3.05, 3.63) is 47.3 Å². The maximum absolute atomic E-state index is 12.3. The number of carbonyl (C=O) groups excluding carboxylic acids is 1. The predicted octanol–water partition coefficient (Wildman–Crippen LogP) is 4.42. The highest BCUT2D eigenvalue weighted by molar-refractivity contribution is 6.31. The second-order valence-electron chi connectivity index (χ2n) is 7.65. The Morgan fingerprint density at radius 2 is 1.97 bits per heavy atom. The number of piperidine rings is 1. The monoisotopic (exact) mass is 427 g/mol. The highest BCUT2D eigenvalue weighted by atomic mass is 35.5. The summed E-state index contributed by atoms with van der Waals surface area (Å²) in [5.74, 6) is 2.45. The number of likely N-dealkylation sites (tertiary alicyclic amines) is 1. The van der Waals surface area contributed by atoms with Crippen LogP contribution in [0.2, 0.25) is 5.02 Å². The lowest BCUT2D eigenvalue weighted by Crippen LogP contribution is -2.35. The van der Waals surface area contributed by atoms with Crippen molar-refractivity contribution in [2.75, 3.05) is 31.7 Å². The summed E-state index contributed by atoms with van der Waals surface area (Å²) in [6.07, 6.45) is 2.37. The van der Waals surface area contributed by atoms with E-state index < -0.39 is 0 Å². The summed E-state index contributed by atoms with van der Waals surface area (Å²) in [6.45, 7) is 2.79. The average Bonchev–Trinajstić information content (AvgIpc) is 3.38. The van der Waals surface area contributed by atoms with Gasteiger partial charge >= 0.3 is 0 Å². The molecule has 1 saturated heterocycles. The number of carbonyl (C=O) groups is 1. The van der Waals surface area contributed by atoms with Crippen LogP contribution >= 0.6 is 11.6 Å². The van der Waals surface area contributed by atoms with E-state index in [0.717, 1.165) is 55.2 Å². The fourth-order valence-corrected chi connectivity index (χ4v) is 4.12. The summed E-state index contributed by atoms with van der Waals surface area (Å²) in [5.41, 5.74) is 2.30. The summed E-state index contributed by atoms with van der Waals surface area (Å²) < 4.78 is 16.6. The van der Waals surface area contributed by atoms with Gasteiger partial charge in [0, 0.05) is 35.7 Å². The molecule has 30 heavy (non-hydrogen) atoms. The molecule has 0 radical (unpaired) electrons. The van der Waals surface area contributed by atoms with E-state index in [1.807, 2.05) is 30.3 Å². The number of amides is 1. The molecular weight excluding hydrogens is 406 g/mol. The third kappa shape index (κ3) is 4.08. The van der Waals surface area contributed by atoms with Crippen LogP contribution in [0, 0.1) is 0 Å². The maximum Gasteiger partial charge on any atom is 0.231 e. The van der Waals surface area contributed by atoms with E-state index >= 15 is 0 Å². The van der Waals surface area contributed by atoms with Crippen LogP contribution in [0.1, 0.15) is 31.1 Å². The van der Waals surface area contributed by atoms with Crippen LogP contribution in [0.5, 0.6) is 11.5 Å². The van der Waals surface area contributed by atoms with E-state index in [-0.39, 0.29) is 12.7 Å². The summed E-state index contributed by atoms with van der Waals surface area (Å²) in [6, 6.07) is 10.9. The van der Waals surface area contributed by atoms with Crippen molar-refractivity contribution in [3.8, 4) is 11.5 Å². The van der Waals surface area contributed by atoms with Crippen molar-refractivity contribution in [3.63, 3.8) is 0 Å². The zero-order chi connectivity index (χ0) is 20.5. The molecule has 3 heterocycles. The SMILES string of the molecule is O=C(CCN1CCC(c2nc3cc(Cl)ccc3o2)CC1)Nc1ccc2c(c1)OCO2. The van der Waals surface area contributed by atoms with Gasteiger partial charge in [-0.15, -0.1) is 0 Å². The number of rotatable bonds is 5. The van der Waals surface area contributed by atoms with Gasteiger partial charge in [0.15, 0.2) is 23.0 Å². The number of oxazole rings is 1. The smallest absolute Gasteiger partial charge is 0.231 e. The third-order valence-electron chi connectivity index (χ3n) is 5.61. The molecule has 1 amide bonds. The van der Waals surface area contributed by atoms with Crippen molar-refractivity contribution in [1.82, 2.24) is 9.88 Å². The van der Waals surface area contributed by atoms with Gasteiger partial charge in [-0.2, -0.15) is 0 Å². The van der Waals surface area contributed by atoms with Crippen molar-refractivity contribution in [2.45, 2.75) is 25.2 Å². The number of ether oxygens (including phenoxy) is 2. The number of benzene rings is 2. The van der Waals surface area contributed by atoms with Gasteiger partial charge < -0.3 is 24.1 Å². The van der Waals surface area contributed by atoms with Crippen molar-refractivity contribution >= 4 is 34.3 Å². The first kappa shape index (κ1) is 19.2. The highest BCUT2D eigenvalue weighted by Crippen LogP contribution is 2.34. The lowest BCUT2D eigenvalue weighted by Gasteiger charge is -2.30. The number of hydrogen-bond donors (Lipinski definition) is 1. The molecule has 156 valence electrons. The van der Waals surface area contributed by atoms with Gasteiger partial charge in [-0.05, 0) is 56.3 Å². The van der Waals surface area contributed by atoms with E-state index in [0.29, 0.717) is 28.9 Å². The van der Waals surface area contributed by atoms with Crippen molar-refractivity contribution in [2.24, 2.45) is 0 Å². The lowest BCUT2D eigenvalue weighted by atomic mass is 9.96. The molecular formula is C22H22ClN3O4. The summed E-state index contributed by atoms with van der Waals surface area (Å²) in [5, 5.41) is 3.59. The quantitative estimate of drug-likeness (QED) is 0.649. The maximum atomic E-state index is 12.3. The fourth-order valence-electron chi connectivity index (χ4n) is 3.95. The molecule has 1 fully saturated rings. The minimum Gasteiger partial charge on any atom is -0.454 e. The second kappa shape index (κ2) is 8.16. The zero-order valence-corrected chi connectivity index (χ0v) is 17.2. The molecule has 3 aromatic rings. The van der Waals surface area contributed by atoms with E-state index in [9.17, 15) is 4.79 Å². The summed E-state index contributed by atoms with van der Waals surface area (Å²) in [4.78, 5) is 19.3. The van der Waals surface area contributed by atoms with E-state index in [1.54, 1.807) is 6.07 Å². The number of anilines is 1. The van der Waals surface area contributed by atoms with E-state index in [1.165, 1.54) is 0 Å². The van der Waals surface area contributed by atoms with Crippen LogP contribution in [0.15, 0.2) is 40.8 Å². The topological polar surface area (TPSA) is 76.8 Å². The third-order valence-corrected chi connectivity index (χ3v) is 5.85. The van der Waals surface area contributed by atoms with Gasteiger partial charge in [0.1, 0.15) is 5.52 Å². The van der Waals surface area contributed by atoms with Gasteiger partial charge in [-0.1, -0.05) is 11.6 Å². The largest absolute Gasteiger partial charge is 0.454 e. The number of nitrogens with one attached hydrogen (secondary N) is 1. The van der Waals surface area contributed by atoms with Crippen LogP contribution in [0.25, 0.3) is 11.1 Å². The molecule has 2 aliphatic rings. The Kier molecular flexibility index (Phi) is 5.23. The van der Waals surface area contributed by atoms with Crippen LogP contribution in [-0.4, -0.2) is 42.2 Å². The van der Waals surface area contributed by atoms with Gasteiger partial charge in [-0.25, -0.2) is 4.98 Å². The van der Waals surface area contributed by atoms with Gasteiger partial charge in [0.25, 0.3) is 0 Å². The van der Waals surface area contributed by atoms with Gasteiger partial charge in [-0.3, -0.25) is 4.79 Å². The molecule has 8 heteroatoms. The Labute approximate surface area is 178 Å². The Morgan fingerprint density at radius 3 is 2.83 bits per heavy atom. The molecule has 2 aliphatic heterocycles. The van der Waals surface area contributed by atoms with Gasteiger partial charge in [0.05, 0.1) is 0 Å². The molecule has 2 aromatic carbocycles. The first-order valence-corrected chi connectivity index (χ1v) is 10.5. The molecule has 0 spiro atoms. The Bertz CT molecular complexity index is 1080. The zero-order valence-electron chi connectivity index (χ0n) is 16.4. The Balaban J connectivity index is 1.10. The standard InChI is InChI=1S/C22H22ClN3O4/c23-15-1-3-18-17(11-15)25-22(30-18)14-5-8-26(9-6-14)10-7-21(27)24-16-2-4-19-20(12-16)29-13-28-19/h1-4,11-12,14H,5-10,13H2,(H,24,27). The molecule has 0 unspecified atom stereocenters. The predicted molar refractivity (Wildman–Crippen MR) is 113 cm³/mol. The molecule has 0 aliphatic carbocycles. The molecule has 7 nitrogen and oxygen atoms in total. The first-order chi connectivity index (χ1) is 14.6. The average molecular weight is 428 g/mol. The Morgan fingerprint density at radius 1 is 1.13 bits per heavy atom. The van der Waals surface area contributed by atoms with E-state index in [2.05, 4.69) is 15.2 Å². The lowest BCUT2D eigenvalue weighted by molar-refractivity contribution is -0.116. The van der Waals surface area contributed by atoms with E-state index in [4.69, 9.17) is 25.5 Å². The highest BCUT2D eigenvalue weighted by Gasteiger charge is 2.25. The van der Waals surface area contributed by atoms with Gasteiger partial charge in [0.2, 0.25) is 12.7 Å². The molecule has 0 atom stereocenters. The van der Waals surface area contributed by atoms with Crippen LogP contribution in [0.4, 0.5) is 5.69 Å². The molecule has 1 aromatic heterocycles. The number of fused-ring (bicyclic) bond motifs is 2. The van der Waals surface area contributed by atoms with Crippen LogP contribution < -0.4 is 14.8 Å². The molecule has 0 saturated carbocycles. The Hall–Kier alpha value is -2.77. The second-order valence-corrected chi connectivity index (χ2v) is 8.08. The number of halogens is 1. The molecule has 5 rings (SSSR count).